The maximum atomic E-state index is 9.39. The maximum Gasteiger partial charge on any atom is 0.240 e. The maximum absolute atomic E-state index is 9.39. The second-order valence-electron chi connectivity index (χ2n) is 4.10. The summed E-state index contributed by atoms with van der Waals surface area (Å²) in [5.74, 6) is 0.878. The highest BCUT2D eigenvalue weighted by atomic mass is 79.9. The van der Waals surface area contributed by atoms with Gasteiger partial charge in [0, 0.05) is 6.54 Å². The largest absolute Gasteiger partial charge is 0.393 e. The van der Waals surface area contributed by atoms with Crippen molar-refractivity contribution >= 4 is 21.9 Å². The van der Waals surface area contributed by atoms with E-state index in [1.54, 1.807) is 4.68 Å². The lowest BCUT2D eigenvalue weighted by Crippen LogP contribution is -2.22. The Balaban J connectivity index is 1.94. The Bertz CT molecular complexity index is 333. The van der Waals surface area contributed by atoms with Gasteiger partial charge in [-0.25, -0.2) is 4.68 Å². The first kappa shape index (κ1) is 10.9. The summed E-state index contributed by atoms with van der Waals surface area (Å²) in [6, 6.07) is 0. The van der Waals surface area contributed by atoms with Crippen LogP contribution in [-0.4, -0.2) is 26.0 Å². The number of anilines is 1. The second kappa shape index (κ2) is 4.49. The minimum atomic E-state index is -0.106. The third kappa shape index (κ3) is 2.69. The van der Waals surface area contributed by atoms with Gasteiger partial charge in [0.2, 0.25) is 5.95 Å². The minimum absolute atomic E-state index is 0.106. The van der Waals surface area contributed by atoms with Crippen molar-refractivity contribution in [1.29, 1.82) is 0 Å². The fourth-order valence-corrected chi connectivity index (χ4v) is 2.43. The predicted molar refractivity (Wildman–Crippen MR) is 60.1 cm³/mol. The summed E-state index contributed by atoms with van der Waals surface area (Å²) in [5, 5.41) is 13.5. The molecule has 0 aromatic carbocycles. The zero-order chi connectivity index (χ0) is 10.8. The average Bonchev–Trinajstić information content (AvgIpc) is 2.49. The van der Waals surface area contributed by atoms with Crippen LogP contribution in [0.4, 0.5) is 5.95 Å². The molecule has 1 aliphatic carbocycles. The molecule has 1 aliphatic rings. The first-order valence-electron chi connectivity index (χ1n) is 5.19. The molecule has 5 nitrogen and oxygen atoms in total. The summed E-state index contributed by atoms with van der Waals surface area (Å²) in [6.45, 7) is 0.831. The van der Waals surface area contributed by atoms with Crippen molar-refractivity contribution in [2.45, 2.75) is 38.3 Å². The summed E-state index contributed by atoms with van der Waals surface area (Å²) in [5.41, 5.74) is 5.49. The molecule has 1 fully saturated rings. The van der Waals surface area contributed by atoms with Crippen LogP contribution in [0.5, 0.6) is 0 Å². The first-order chi connectivity index (χ1) is 7.15. The molecule has 3 N–H and O–H groups in total. The molecule has 1 saturated carbocycles. The van der Waals surface area contributed by atoms with Crippen LogP contribution in [0.15, 0.2) is 4.73 Å². The molecule has 0 unspecified atom stereocenters. The highest BCUT2D eigenvalue weighted by Crippen LogP contribution is 2.26. The predicted octanol–water partition coefficient (Wildman–Crippen LogP) is 1.17. The molecule has 0 aliphatic heterocycles. The molecule has 1 aromatic rings. The van der Waals surface area contributed by atoms with Crippen molar-refractivity contribution in [1.82, 2.24) is 14.8 Å². The zero-order valence-corrected chi connectivity index (χ0v) is 10.0. The van der Waals surface area contributed by atoms with Crippen molar-refractivity contribution in [3.63, 3.8) is 0 Å². The SMILES string of the molecule is Nc1nc(Br)n(CC2CCC(O)CC2)n1. The Morgan fingerprint density at radius 1 is 1.40 bits per heavy atom. The molecule has 6 heteroatoms. The molecule has 1 aromatic heterocycles. The Hall–Kier alpha value is -0.620. The number of halogens is 1. The van der Waals surface area contributed by atoms with Crippen molar-refractivity contribution < 1.29 is 5.11 Å². The molecule has 0 radical (unpaired) electrons. The van der Waals surface area contributed by atoms with E-state index in [1.807, 2.05) is 0 Å². The molecular weight excluding hydrogens is 260 g/mol. The van der Waals surface area contributed by atoms with Crippen molar-refractivity contribution in [2.75, 3.05) is 5.73 Å². The van der Waals surface area contributed by atoms with E-state index < -0.39 is 0 Å². The van der Waals surface area contributed by atoms with Gasteiger partial charge in [0.15, 0.2) is 4.73 Å². The molecule has 15 heavy (non-hydrogen) atoms. The van der Waals surface area contributed by atoms with Crippen LogP contribution >= 0.6 is 15.9 Å². The second-order valence-corrected chi connectivity index (χ2v) is 4.80. The molecule has 0 saturated heterocycles. The molecule has 0 spiro atoms. The number of aromatic nitrogens is 3. The molecule has 0 amide bonds. The lowest BCUT2D eigenvalue weighted by molar-refractivity contribution is 0.103. The van der Waals surface area contributed by atoms with E-state index in [0.717, 1.165) is 32.2 Å². The third-order valence-electron chi connectivity index (χ3n) is 2.89. The monoisotopic (exact) mass is 274 g/mol. The summed E-state index contributed by atoms with van der Waals surface area (Å²) in [4.78, 5) is 3.99. The number of hydrogen-bond acceptors (Lipinski definition) is 4. The highest BCUT2D eigenvalue weighted by molar-refractivity contribution is 9.10. The van der Waals surface area contributed by atoms with Gasteiger partial charge in [0.05, 0.1) is 6.10 Å². The van der Waals surface area contributed by atoms with E-state index in [-0.39, 0.29) is 6.10 Å². The smallest absolute Gasteiger partial charge is 0.240 e. The Morgan fingerprint density at radius 3 is 2.60 bits per heavy atom. The number of aliphatic hydroxyl groups is 1. The number of nitrogens with two attached hydrogens (primary N) is 1. The van der Waals surface area contributed by atoms with Crippen molar-refractivity contribution in [2.24, 2.45) is 5.92 Å². The van der Waals surface area contributed by atoms with Gasteiger partial charge >= 0.3 is 0 Å². The van der Waals surface area contributed by atoms with Gasteiger partial charge in [-0.15, -0.1) is 5.10 Å². The number of hydrogen-bond donors (Lipinski definition) is 2. The minimum Gasteiger partial charge on any atom is -0.393 e. The van der Waals surface area contributed by atoms with E-state index in [0.29, 0.717) is 16.6 Å². The molecule has 0 bridgehead atoms. The molecule has 1 heterocycles. The topological polar surface area (TPSA) is 77.0 Å². The van der Waals surface area contributed by atoms with Crippen molar-refractivity contribution in [3.05, 3.63) is 4.73 Å². The zero-order valence-electron chi connectivity index (χ0n) is 8.43. The highest BCUT2D eigenvalue weighted by Gasteiger charge is 2.20. The number of aliphatic hydroxyl groups excluding tert-OH is 1. The Morgan fingerprint density at radius 2 is 2.07 bits per heavy atom. The summed E-state index contributed by atoms with van der Waals surface area (Å²) < 4.78 is 2.48. The van der Waals surface area contributed by atoms with Crippen LogP contribution in [0.2, 0.25) is 0 Å². The van der Waals surface area contributed by atoms with E-state index in [9.17, 15) is 5.11 Å². The lowest BCUT2D eigenvalue weighted by atomic mass is 9.87. The van der Waals surface area contributed by atoms with Crippen LogP contribution in [0, 0.1) is 5.92 Å². The van der Waals surface area contributed by atoms with E-state index in [2.05, 4.69) is 26.0 Å². The number of rotatable bonds is 2. The first-order valence-corrected chi connectivity index (χ1v) is 5.98. The molecule has 0 atom stereocenters. The normalized spacial score (nSPS) is 26.8. The van der Waals surface area contributed by atoms with Gasteiger partial charge in [-0.1, -0.05) is 0 Å². The standard InChI is InChI=1S/C9H15BrN4O/c10-8-12-9(11)13-14(8)5-6-1-3-7(15)4-2-6/h6-7,15H,1-5H2,(H2,11,13). The molecule has 84 valence electrons. The van der Waals surface area contributed by atoms with E-state index >= 15 is 0 Å². The molecule has 2 rings (SSSR count). The van der Waals surface area contributed by atoms with Crippen LogP contribution in [0.25, 0.3) is 0 Å². The van der Waals surface area contributed by atoms with Crippen LogP contribution in [-0.2, 0) is 6.54 Å². The molecular formula is C9H15BrN4O. The summed E-state index contributed by atoms with van der Waals surface area (Å²) in [7, 11) is 0. The van der Waals surface area contributed by atoms with Crippen LogP contribution in [0.1, 0.15) is 25.7 Å². The van der Waals surface area contributed by atoms with E-state index in [1.165, 1.54) is 0 Å². The fraction of sp³-hybridized carbons (Fsp3) is 0.778. The van der Waals surface area contributed by atoms with Gasteiger partial charge in [0.1, 0.15) is 0 Å². The quantitative estimate of drug-likeness (QED) is 0.849. The summed E-state index contributed by atoms with van der Waals surface area (Å²) >= 11 is 3.32. The summed E-state index contributed by atoms with van der Waals surface area (Å²) in [6.07, 6.45) is 3.78. The fourth-order valence-electron chi connectivity index (χ4n) is 2.03. The number of nitrogen functional groups attached to an aromatic ring is 1. The van der Waals surface area contributed by atoms with Gasteiger partial charge in [-0.3, -0.25) is 0 Å². The lowest BCUT2D eigenvalue weighted by Gasteiger charge is -2.25. The Labute approximate surface area is 96.8 Å². The van der Waals surface area contributed by atoms with Gasteiger partial charge < -0.3 is 10.8 Å². The van der Waals surface area contributed by atoms with E-state index in [4.69, 9.17) is 5.73 Å². The van der Waals surface area contributed by atoms with Gasteiger partial charge in [-0.05, 0) is 47.5 Å². The number of nitrogens with zero attached hydrogens (tertiary/aromatic N) is 3. The van der Waals surface area contributed by atoms with Gasteiger partial charge in [0.25, 0.3) is 0 Å². The van der Waals surface area contributed by atoms with Crippen molar-refractivity contribution in [3.8, 4) is 0 Å². The average molecular weight is 275 g/mol. The van der Waals surface area contributed by atoms with Crippen LogP contribution < -0.4 is 5.73 Å². The van der Waals surface area contributed by atoms with Gasteiger partial charge in [-0.2, -0.15) is 4.98 Å². The van der Waals surface area contributed by atoms with Crippen LogP contribution in [0.3, 0.4) is 0 Å². The third-order valence-corrected chi connectivity index (χ3v) is 3.48. The Kier molecular flexibility index (Phi) is 3.25.